The van der Waals surface area contributed by atoms with E-state index in [9.17, 15) is 27.5 Å². The smallest absolute Gasteiger partial charge is 0.490 e. The van der Waals surface area contributed by atoms with Crippen LogP contribution in [-0.4, -0.2) is 81.2 Å². The second kappa shape index (κ2) is 12.2. The van der Waals surface area contributed by atoms with Gasteiger partial charge in [-0.05, 0) is 31.0 Å². The Labute approximate surface area is 229 Å². The Morgan fingerprint density at radius 3 is 2.56 bits per heavy atom. The van der Waals surface area contributed by atoms with E-state index in [1.807, 2.05) is 0 Å². The molecule has 0 bridgehead atoms. The Kier molecular flexibility index (Phi) is 8.87. The topological polar surface area (TPSA) is 143 Å². The molecule has 1 fully saturated rings. The van der Waals surface area contributed by atoms with Gasteiger partial charge in [0.25, 0.3) is 0 Å². The van der Waals surface area contributed by atoms with E-state index >= 15 is 0 Å². The quantitative estimate of drug-likeness (QED) is 0.278. The number of aliphatic hydroxyl groups excluding tert-OH is 1. The molecule has 0 saturated carbocycles. The first-order chi connectivity index (χ1) is 19.3. The fourth-order valence-electron chi connectivity index (χ4n) is 4.68. The molecule has 0 aliphatic carbocycles. The Hall–Kier alpha value is -4.11. The van der Waals surface area contributed by atoms with E-state index in [-0.39, 0.29) is 24.2 Å². The van der Waals surface area contributed by atoms with Gasteiger partial charge in [-0.15, -0.1) is 0 Å². The number of carboxylic acids is 1. The lowest BCUT2D eigenvalue weighted by Crippen LogP contribution is -2.42. The van der Waals surface area contributed by atoms with Crippen molar-refractivity contribution < 1.29 is 46.5 Å². The van der Waals surface area contributed by atoms with Gasteiger partial charge in [0, 0.05) is 44.7 Å². The number of nitrogens with one attached hydrogen (secondary N) is 1. The molecule has 2 aromatic carbocycles. The highest BCUT2D eigenvalue weighted by Gasteiger charge is 2.38. The molecule has 2 aromatic heterocycles. The first-order valence-electron chi connectivity index (χ1n) is 12.5. The first kappa shape index (κ1) is 29.9. The zero-order valence-electron chi connectivity index (χ0n) is 22.1. The zero-order chi connectivity index (χ0) is 29.9. The number of aryl methyl sites for hydroxylation is 1. The van der Waals surface area contributed by atoms with Crippen LogP contribution in [0.1, 0.15) is 24.8 Å². The molecule has 0 radical (unpaired) electrons. The lowest BCUT2D eigenvalue weighted by molar-refractivity contribution is -0.192. The normalized spacial score (nSPS) is 15.5. The van der Waals surface area contributed by atoms with Crippen molar-refractivity contribution in [3.8, 4) is 11.5 Å². The van der Waals surface area contributed by atoms with E-state index in [2.05, 4.69) is 14.9 Å². The Morgan fingerprint density at radius 2 is 1.93 bits per heavy atom. The lowest BCUT2D eigenvalue weighted by atomic mass is 10.0. The molecule has 4 aromatic rings. The number of hydrogen-bond donors (Lipinski definition) is 3. The second-order valence-corrected chi connectivity index (χ2v) is 9.47. The molecule has 41 heavy (non-hydrogen) atoms. The number of oxazole rings is 1. The molecule has 0 spiro atoms. The standard InChI is InChI=1S/C24H27FN4O5.C2HF3O2/c1-14-26-23-21(10-18(32-2)11-22(23)34-14)33-13-17(30)12-28-7-5-16(6-8-28)29-20-4-3-15(25)9-19(20)27-24(29)31;3-2(4,5)1(6)7/h3-4,9-11,16-17,30H,5-8,12-13H2,1-2H3,(H,27,31);(H,6,7)/t17-;/m0./s1. The molecule has 3 N–H and O–H groups in total. The number of aliphatic hydroxyl groups is 1. The maximum atomic E-state index is 13.5. The van der Waals surface area contributed by atoms with Crippen molar-refractivity contribution in [3.05, 3.63) is 52.5 Å². The minimum atomic E-state index is -5.08. The van der Waals surface area contributed by atoms with Crippen LogP contribution in [0.5, 0.6) is 11.5 Å². The highest BCUT2D eigenvalue weighted by molar-refractivity contribution is 5.81. The summed E-state index contributed by atoms with van der Waals surface area (Å²) in [5, 5.41) is 17.7. The number of aliphatic carboxylic acids is 1. The highest BCUT2D eigenvalue weighted by atomic mass is 19.4. The van der Waals surface area contributed by atoms with Gasteiger partial charge in [0.15, 0.2) is 22.7 Å². The number of imidazole rings is 1. The predicted molar refractivity (Wildman–Crippen MR) is 138 cm³/mol. The number of piperidine rings is 1. The summed E-state index contributed by atoms with van der Waals surface area (Å²) in [5.74, 6) is -1.52. The summed E-state index contributed by atoms with van der Waals surface area (Å²) < 4.78 is 63.7. The van der Waals surface area contributed by atoms with Crippen molar-refractivity contribution in [2.75, 3.05) is 33.4 Å². The number of rotatable bonds is 7. The van der Waals surface area contributed by atoms with Crippen molar-refractivity contribution >= 4 is 28.1 Å². The number of H-pyrrole nitrogens is 1. The third kappa shape index (κ3) is 7.16. The van der Waals surface area contributed by atoms with Crippen molar-refractivity contribution in [1.29, 1.82) is 0 Å². The molecule has 1 aliphatic rings. The molecule has 1 atom stereocenters. The van der Waals surface area contributed by atoms with Gasteiger partial charge < -0.3 is 34.0 Å². The van der Waals surface area contributed by atoms with E-state index in [1.54, 1.807) is 36.8 Å². The SMILES string of the molecule is COc1cc(OC[C@@H](O)CN2CCC(n3c(=O)[nH]c4cc(F)ccc43)CC2)c2nc(C)oc2c1.O=C(O)C(F)(F)F. The third-order valence-electron chi connectivity index (χ3n) is 6.52. The average Bonchev–Trinajstić information content (AvgIpc) is 3.45. The van der Waals surface area contributed by atoms with E-state index in [0.717, 1.165) is 25.9 Å². The van der Waals surface area contributed by atoms with Crippen LogP contribution in [0.25, 0.3) is 22.1 Å². The number of ether oxygens (including phenoxy) is 2. The number of aromatic nitrogens is 3. The van der Waals surface area contributed by atoms with Crippen molar-refractivity contribution in [3.63, 3.8) is 0 Å². The number of nitrogens with zero attached hydrogens (tertiary/aromatic N) is 3. The van der Waals surface area contributed by atoms with Gasteiger partial charge in [-0.3, -0.25) is 4.57 Å². The monoisotopic (exact) mass is 584 g/mol. The van der Waals surface area contributed by atoms with E-state index in [0.29, 0.717) is 46.1 Å². The predicted octanol–water partition coefficient (Wildman–Crippen LogP) is 3.64. The number of halogens is 4. The Bertz CT molecular complexity index is 1570. The molecule has 1 saturated heterocycles. The number of alkyl halides is 3. The zero-order valence-corrected chi connectivity index (χ0v) is 22.1. The molecule has 0 unspecified atom stereocenters. The second-order valence-electron chi connectivity index (χ2n) is 9.47. The summed E-state index contributed by atoms with van der Waals surface area (Å²) in [5.41, 5.74) is 2.16. The van der Waals surface area contributed by atoms with Gasteiger partial charge in [-0.2, -0.15) is 13.2 Å². The first-order valence-corrected chi connectivity index (χ1v) is 12.5. The summed E-state index contributed by atoms with van der Waals surface area (Å²) in [7, 11) is 1.56. The van der Waals surface area contributed by atoms with Crippen molar-refractivity contribution in [1.82, 2.24) is 19.4 Å². The largest absolute Gasteiger partial charge is 0.496 e. The van der Waals surface area contributed by atoms with E-state index < -0.39 is 18.2 Å². The number of aromatic amines is 1. The van der Waals surface area contributed by atoms with Crippen LogP contribution in [0, 0.1) is 12.7 Å². The number of carboxylic acid groups (broad SMARTS) is 1. The van der Waals surface area contributed by atoms with Crippen molar-refractivity contribution in [2.45, 2.75) is 38.1 Å². The molecule has 0 amide bonds. The minimum absolute atomic E-state index is 0.0248. The molecule has 5 rings (SSSR count). The summed E-state index contributed by atoms with van der Waals surface area (Å²) in [4.78, 5) is 30.6. The van der Waals surface area contributed by atoms with Crippen LogP contribution < -0.4 is 15.2 Å². The number of β-amino-alcohol motifs (C(OH)–C–C–N with tert-alkyl or cyclic N) is 1. The number of methoxy groups -OCH3 is 1. The Morgan fingerprint density at radius 1 is 1.24 bits per heavy atom. The van der Waals surface area contributed by atoms with Crippen LogP contribution in [0.2, 0.25) is 0 Å². The summed E-state index contributed by atoms with van der Waals surface area (Å²) in [6.07, 6.45) is -4.27. The van der Waals surface area contributed by atoms with Crippen LogP contribution in [0.15, 0.2) is 39.5 Å². The summed E-state index contributed by atoms with van der Waals surface area (Å²) in [6.45, 7) is 3.77. The number of benzene rings is 2. The molecule has 222 valence electrons. The van der Waals surface area contributed by atoms with Gasteiger partial charge in [-0.1, -0.05) is 0 Å². The maximum absolute atomic E-state index is 13.5. The fraction of sp³-hybridized carbons (Fsp3) is 0.423. The lowest BCUT2D eigenvalue weighted by Gasteiger charge is -2.33. The molecular formula is C26H28F4N4O7. The number of likely N-dealkylation sites (tertiary alicyclic amines) is 1. The minimum Gasteiger partial charge on any atom is -0.496 e. The maximum Gasteiger partial charge on any atom is 0.490 e. The van der Waals surface area contributed by atoms with Gasteiger partial charge >= 0.3 is 17.8 Å². The van der Waals surface area contributed by atoms with E-state index in [4.69, 9.17) is 23.8 Å². The van der Waals surface area contributed by atoms with Gasteiger partial charge in [0.1, 0.15) is 24.3 Å². The third-order valence-corrected chi connectivity index (χ3v) is 6.52. The fourth-order valence-corrected chi connectivity index (χ4v) is 4.68. The number of carbonyl (C=O) groups is 1. The van der Waals surface area contributed by atoms with E-state index in [1.165, 1.54) is 12.1 Å². The van der Waals surface area contributed by atoms with Gasteiger partial charge in [-0.25, -0.2) is 19.0 Å². The van der Waals surface area contributed by atoms with Crippen LogP contribution >= 0.6 is 0 Å². The van der Waals surface area contributed by atoms with Crippen LogP contribution in [0.4, 0.5) is 17.6 Å². The van der Waals surface area contributed by atoms with Crippen LogP contribution in [-0.2, 0) is 4.79 Å². The molecule has 15 heteroatoms. The number of hydrogen-bond acceptors (Lipinski definition) is 8. The molecule has 3 heterocycles. The van der Waals surface area contributed by atoms with Crippen LogP contribution in [0.3, 0.4) is 0 Å². The Balaban J connectivity index is 0.000000493. The molecule has 1 aliphatic heterocycles. The van der Waals surface area contributed by atoms with Crippen molar-refractivity contribution in [2.24, 2.45) is 0 Å². The summed E-state index contributed by atoms with van der Waals surface area (Å²) in [6, 6.07) is 7.85. The number of fused-ring (bicyclic) bond motifs is 2. The summed E-state index contributed by atoms with van der Waals surface area (Å²) >= 11 is 0. The van der Waals surface area contributed by atoms with Gasteiger partial charge in [0.2, 0.25) is 0 Å². The van der Waals surface area contributed by atoms with Gasteiger partial charge in [0.05, 0.1) is 18.1 Å². The highest BCUT2D eigenvalue weighted by Crippen LogP contribution is 2.31. The molecule has 11 nitrogen and oxygen atoms in total. The molecular weight excluding hydrogens is 556 g/mol. The average molecular weight is 585 g/mol.